The number of hydrogen-bond acceptors (Lipinski definition) is 3. The summed E-state index contributed by atoms with van der Waals surface area (Å²) in [5.41, 5.74) is 1.11. The van der Waals surface area contributed by atoms with Crippen LogP contribution in [0.2, 0.25) is 5.02 Å². The van der Waals surface area contributed by atoms with Crippen LogP contribution in [0.4, 0.5) is 5.69 Å². The van der Waals surface area contributed by atoms with Crippen LogP contribution < -0.4 is 4.90 Å². The van der Waals surface area contributed by atoms with E-state index in [2.05, 4.69) is 4.90 Å². The van der Waals surface area contributed by atoms with E-state index in [-0.39, 0.29) is 18.2 Å². The molecule has 21 heavy (non-hydrogen) atoms. The zero-order chi connectivity index (χ0) is 14.8. The number of likely N-dealkylation sites (tertiary alicyclic amines) is 1. The minimum Gasteiger partial charge on any atom is -0.377 e. The number of hydrogen-bond donors (Lipinski definition) is 0. The Morgan fingerprint density at radius 3 is 2.57 bits per heavy atom. The van der Waals surface area contributed by atoms with Crippen molar-refractivity contribution in [3.63, 3.8) is 0 Å². The van der Waals surface area contributed by atoms with E-state index in [0.29, 0.717) is 16.3 Å². The van der Waals surface area contributed by atoms with Crippen LogP contribution in [0.25, 0.3) is 0 Å². The highest BCUT2D eigenvalue weighted by Gasteiger charge is 2.35. The summed E-state index contributed by atoms with van der Waals surface area (Å²) < 4.78 is 0. The second kappa shape index (κ2) is 5.90. The normalized spacial score (nSPS) is 21.5. The van der Waals surface area contributed by atoms with Gasteiger partial charge < -0.3 is 4.90 Å². The summed E-state index contributed by atoms with van der Waals surface area (Å²) in [7, 11) is 0. The topological polar surface area (TPSA) is 40.6 Å². The Hall–Kier alpha value is -1.81. The van der Waals surface area contributed by atoms with E-state index in [1.54, 1.807) is 24.3 Å². The molecule has 3 rings (SSSR count). The minimum atomic E-state index is -0.229. The molecular formula is C16H17ClN2O2. The van der Waals surface area contributed by atoms with Gasteiger partial charge in [0.15, 0.2) is 0 Å². The van der Waals surface area contributed by atoms with Crippen LogP contribution >= 0.6 is 11.6 Å². The van der Waals surface area contributed by atoms with Crippen LogP contribution in [0, 0.1) is 0 Å². The van der Waals surface area contributed by atoms with Gasteiger partial charge in [0.05, 0.1) is 12.1 Å². The molecule has 110 valence electrons. The second-order valence-corrected chi connectivity index (χ2v) is 5.88. The van der Waals surface area contributed by atoms with Gasteiger partial charge in [-0.05, 0) is 37.5 Å². The van der Waals surface area contributed by atoms with Crippen molar-refractivity contribution in [1.82, 2.24) is 4.90 Å². The third-order valence-corrected chi connectivity index (χ3v) is 4.10. The first-order chi connectivity index (χ1) is 10.1. The fourth-order valence-electron chi connectivity index (χ4n) is 2.82. The molecule has 0 N–H and O–H groups in total. The number of nitrogens with zero attached hydrogens (tertiary/aromatic N) is 2. The molecule has 0 atom stereocenters. The maximum atomic E-state index is 12.5. The van der Waals surface area contributed by atoms with Crippen molar-refractivity contribution in [2.75, 3.05) is 18.0 Å². The first-order valence-electron chi connectivity index (χ1n) is 7.23. The number of carbonyl (C=O) groups is 2. The lowest BCUT2D eigenvalue weighted by atomic mass is 10.1. The van der Waals surface area contributed by atoms with E-state index in [1.165, 1.54) is 11.3 Å². The van der Waals surface area contributed by atoms with Crippen molar-refractivity contribution in [1.29, 1.82) is 0 Å². The number of piperidine rings is 1. The number of carbonyl (C=O) groups excluding carboxylic acids is 2. The van der Waals surface area contributed by atoms with E-state index < -0.39 is 0 Å². The summed E-state index contributed by atoms with van der Waals surface area (Å²) in [6, 6.07) is 6.83. The van der Waals surface area contributed by atoms with Crippen molar-refractivity contribution in [2.24, 2.45) is 0 Å². The molecule has 2 heterocycles. The fourth-order valence-corrected chi connectivity index (χ4v) is 3.00. The molecule has 4 nitrogen and oxygen atoms in total. The molecule has 1 aromatic carbocycles. The molecule has 0 unspecified atom stereocenters. The van der Waals surface area contributed by atoms with Gasteiger partial charge in [0.1, 0.15) is 0 Å². The highest BCUT2D eigenvalue weighted by Crippen LogP contribution is 2.28. The average molecular weight is 305 g/mol. The summed E-state index contributed by atoms with van der Waals surface area (Å²) >= 11 is 5.94. The number of rotatable bonds is 2. The van der Waals surface area contributed by atoms with Crippen molar-refractivity contribution < 1.29 is 9.59 Å². The molecular weight excluding hydrogens is 288 g/mol. The molecule has 0 aromatic heterocycles. The number of amides is 2. The Morgan fingerprint density at radius 1 is 1.10 bits per heavy atom. The van der Waals surface area contributed by atoms with Gasteiger partial charge in [0.25, 0.3) is 5.91 Å². The number of benzene rings is 1. The maximum Gasteiger partial charge on any atom is 0.262 e. The van der Waals surface area contributed by atoms with Crippen LogP contribution in [-0.2, 0) is 9.59 Å². The monoisotopic (exact) mass is 304 g/mol. The van der Waals surface area contributed by atoms with Gasteiger partial charge >= 0.3 is 0 Å². The molecule has 0 radical (unpaired) electrons. The van der Waals surface area contributed by atoms with E-state index in [1.807, 2.05) is 6.20 Å². The molecule has 2 amide bonds. The molecule has 0 saturated carbocycles. The van der Waals surface area contributed by atoms with Gasteiger partial charge in [-0.1, -0.05) is 17.7 Å². The number of anilines is 1. The number of halogens is 1. The highest BCUT2D eigenvalue weighted by molar-refractivity contribution is 6.32. The van der Waals surface area contributed by atoms with Gasteiger partial charge in [-0.25, -0.2) is 4.90 Å². The van der Waals surface area contributed by atoms with Gasteiger partial charge in [0, 0.05) is 29.9 Å². The van der Waals surface area contributed by atoms with E-state index >= 15 is 0 Å². The molecule has 0 bridgehead atoms. The van der Waals surface area contributed by atoms with Gasteiger partial charge in [0.2, 0.25) is 5.91 Å². The third-order valence-electron chi connectivity index (χ3n) is 3.86. The Kier molecular flexibility index (Phi) is 3.97. The summed E-state index contributed by atoms with van der Waals surface area (Å²) in [5, 5.41) is 0.515. The Bertz CT molecular complexity index is 606. The third kappa shape index (κ3) is 2.95. The molecule has 2 saturated heterocycles. The molecule has 5 heteroatoms. The summed E-state index contributed by atoms with van der Waals surface area (Å²) in [5.74, 6) is -0.418. The number of imide groups is 1. The smallest absolute Gasteiger partial charge is 0.262 e. The molecule has 0 spiro atoms. The second-order valence-electron chi connectivity index (χ2n) is 5.44. The SMILES string of the molecule is O=C1C/C(=C\N2CCCCC2)C(=O)N1c1cccc(Cl)c1. The summed E-state index contributed by atoms with van der Waals surface area (Å²) in [6.07, 6.45) is 5.56. The quantitative estimate of drug-likeness (QED) is 0.623. The predicted molar refractivity (Wildman–Crippen MR) is 82.1 cm³/mol. The standard InChI is InChI=1S/C16H17ClN2O2/c17-13-5-4-6-14(10-13)19-15(20)9-12(16(19)21)11-18-7-2-1-3-8-18/h4-6,10-11H,1-3,7-9H2/b12-11+. The lowest BCUT2D eigenvalue weighted by Gasteiger charge is -2.25. The predicted octanol–water partition coefficient (Wildman–Crippen LogP) is 2.97. The van der Waals surface area contributed by atoms with Crippen LogP contribution in [0.5, 0.6) is 0 Å². The van der Waals surface area contributed by atoms with Gasteiger partial charge in [-0.15, -0.1) is 0 Å². The largest absolute Gasteiger partial charge is 0.377 e. The van der Waals surface area contributed by atoms with Gasteiger partial charge in [-0.2, -0.15) is 0 Å². The summed E-state index contributed by atoms with van der Waals surface area (Å²) in [4.78, 5) is 28.0. The van der Waals surface area contributed by atoms with Crippen LogP contribution in [0.1, 0.15) is 25.7 Å². The van der Waals surface area contributed by atoms with E-state index in [4.69, 9.17) is 11.6 Å². The molecule has 2 aliphatic heterocycles. The molecule has 2 aliphatic rings. The lowest BCUT2D eigenvalue weighted by molar-refractivity contribution is -0.120. The molecule has 1 aromatic rings. The minimum absolute atomic E-state index is 0.168. The Morgan fingerprint density at radius 2 is 1.86 bits per heavy atom. The van der Waals surface area contributed by atoms with Crippen molar-refractivity contribution >= 4 is 29.1 Å². The molecule has 2 fully saturated rings. The van der Waals surface area contributed by atoms with Gasteiger partial charge in [-0.3, -0.25) is 9.59 Å². The average Bonchev–Trinajstić information content (AvgIpc) is 2.74. The Labute approximate surface area is 129 Å². The van der Waals surface area contributed by atoms with E-state index in [0.717, 1.165) is 25.9 Å². The molecule has 0 aliphatic carbocycles. The zero-order valence-electron chi connectivity index (χ0n) is 11.7. The van der Waals surface area contributed by atoms with Crippen LogP contribution in [-0.4, -0.2) is 29.8 Å². The first kappa shape index (κ1) is 14.1. The van der Waals surface area contributed by atoms with Crippen LogP contribution in [0.15, 0.2) is 36.0 Å². The Balaban J connectivity index is 1.83. The fraction of sp³-hybridized carbons (Fsp3) is 0.375. The maximum absolute atomic E-state index is 12.5. The van der Waals surface area contributed by atoms with Crippen LogP contribution in [0.3, 0.4) is 0 Å². The van der Waals surface area contributed by atoms with E-state index in [9.17, 15) is 9.59 Å². The first-order valence-corrected chi connectivity index (χ1v) is 7.60. The van der Waals surface area contributed by atoms with Crippen molar-refractivity contribution in [3.8, 4) is 0 Å². The highest BCUT2D eigenvalue weighted by atomic mass is 35.5. The lowest BCUT2D eigenvalue weighted by Crippen LogP contribution is -2.29. The zero-order valence-corrected chi connectivity index (χ0v) is 12.5. The van der Waals surface area contributed by atoms with Crippen molar-refractivity contribution in [3.05, 3.63) is 41.1 Å². The summed E-state index contributed by atoms with van der Waals surface area (Å²) in [6.45, 7) is 1.92. The van der Waals surface area contributed by atoms with Crippen molar-refractivity contribution in [2.45, 2.75) is 25.7 Å².